The summed E-state index contributed by atoms with van der Waals surface area (Å²) >= 11 is 0. The van der Waals surface area contributed by atoms with E-state index in [1.807, 2.05) is 0 Å². The Bertz CT molecular complexity index is 1040. The standard InChI is InChI=1S/C18H17F2N3O4S/c1-2-22-28(26,27)12-6-3-11(4-7-12)5-8-17(24)23-16-9-13(18(21)25)14(19)10-15(16)20/h3-10,22H,2H2,1H3,(H2,21,25)(H,23,24)/b8-5+. The van der Waals surface area contributed by atoms with Crippen LogP contribution >= 0.6 is 0 Å². The number of sulfonamides is 1. The molecule has 0 atom stereocenters. The molecule has 148 valence electrons. The SMILES string of the molecule is CCNS(=O)(=O)c1ccc(/C=C/C(=O)Nc2cc(C(N)=O)c(F)cc2F)cc1. The summed E-state index contributed by atoms with van der Waals surface area (Å²) in [5.74, 6) is -4.05. The van der Waals surface area contributed by atoms with E-state index in [0.29, 0.717) is 11.6 Å². The van der Waals surface area contributed by atoms with Crippen LogP contribution in [-0.4, -0.2) is 26.8 Å². The third-order valence-corrected chi connectivity index (χ3v) is 5.09. The largest absolute Gasteiger partial charge is 0.366 e. The molecular weight excluding hydrogens is 392 g/mol. The Labute approximate surface area is 160 Å². The van der Waals surface area contributed by atoms with Crippen LogP contribution in [0.15, 0.2) is 47.4 Å². The van der Waals surface area contributed by atoms with Crippen LogP contribution in [0, 0.1) is 11.6 Å². The van der Waals surface area contributed by atoms with Crippen LogP contribution in [0.25, 0.3) is 6.08 Å². The second kappa shape index (κ2) is 8.72. The number of primary amides is 1. The molecule has 0 heterocycles. The number of carbonyl (C=O) groups excluding carboxylic acids is 2. The van der Waals surface area contributed by atoms with E-state index in [9.17, 15) is 26.8 Å². The number of anilines is 1. The molecule has 0 bridgehead atoms. The molecule has 0 radical (unpaired) electrons. The fourth-order valence-corrected chi connectivity index (χ4v) is 3.25. The molecule has 4 N–H and O–H groups in total. The molecular formula is C18H17F2N3O4S. The molecule has 0 fully saturated rings. The zero-order valence-corrected chi connectivity index (χ0v) is 15.5. The predicted octanol–water partition coefficient (Wildman–Crippen LogP) is 2.01. The van der Waals surface area contributed by atoms with Crippen molar-refractivity contribution in [3.63, 3.8) is 0 Å². The Kier molecular flexibility index (Phi) is 6.60. The number of halogens is 2. The van der Waals surface area contributed by atoms with Gasteiger partial charge in [-0.2, -0.15) is 0 Å². The van der Waals surface area contributed by atoms with Gasteiger partial charge in [-0.1, -0.05) is 19.1 Å². The minimum atomic E-state index is -3.58. The average molecular weight is 409 g/mol. The van der Waals surface area contributed by atoms with Gasteiger partial charge in [-0.25, -0.2) is 21.9 Å². The van der Waals surface area contributed by atoms with E-state index >= 15 is 0 Å². The van der Waals surface area contributed by atoms with Crippen molar-refractivity contribution >= 4 is 33.6 Å². The van der Waals surface area contributed by atoms with Crippen LogP contribution in [0.4, 0.5) is 14.5 Å². The van der Waals surface area contributed by atoms with E-state index in [2.05, 4.69) is 10.0 Å². The summed E-state index contributed by atoms with van der Waals surface area (Å²) in [4.78, 5) is 23.1. The molecule has 0 spiro atoms. The van der Waals surface area contributed by atoms with E-state index in [1.54, 1.807) is 6.92 Å². The highest BCUT2D eigenvalue weighted by molar-refractivity contribution is 7.89. The topological polar surface area (TPSA) is 118 Å². The number of nitrogens with one attached hydrogen (secondary N) is 2. The molecule has 0 aliphatic rings. The lowest BCUT2D eigenvalue weighted by molar-refractivity contribution is -0.111. The van der Waals surface area contributed by atoms with Crippen LogP contribution in [0.3, 0.4) is 0 Å². The van der Waals surface area contributed by atoms with Crippen molar-refractivity contribution < 1.29 is 26.8 Å². The molecule has 2 amide bonds. The Morgan fingerprint density at radius 2 is 1.75 bits per heavy atom. The minimum absolute atomic E-state index is 0.0725. The van der Waals surface area contributed by atoms with E-state index in [-0.39, 0.29) is 11.4 Å². The van der Waals surface area contributed by atoms with Crippen LogP contribution in [0.1, 0.15) is 22.8 Å². The Morgan fingerprint density at radius 3 is 2.32 bits per heavy atom. The number of benzene rings is 2. The maximum atomic E-state index is 13.7. The predicted molar refractivity (Wildman–Crippen MR) is 99.8 cm³/mol. The van der Waals surface area contributed by atoms with Crippen molar-refractivity contribution in [1.29, 1.82) is 0 Å². The van der Waals surface area contributed by atoms with Crippen molar-refractivity contribution in [2.45, 2.75) is 11.8 Å². The molecule has 7 nitrogen and oxygen atoms in total. The Morgan fingerprint density at radius 1 is 1.11 bits per heavy atom. The third kappa shape index (κ3) is 5.21. The molecule has 2 rings (SSSR count). The number of nitrogens with two attached hydrogens (primary N) is 1. The van der Waals surface area contributed by atoms with Gasteiger partial charge in [-0.3, -0.25) is 9.59 Å². The van der Waals surface area contributed by atoms with Gasteiger partial charge in [0.15, 0.2) is 0 Å². The van der Waals surface area contributed by atoms with Crippen molar-refractivity contribution in [3.8, 4) is 0 Å². The van der Waals surface area contributed by atoms with Crippen LogP contribution in [-0.2, 0) is 14.8 Å². The summed E-state index contributed by atoms with van der Waals surface area (Å²) in [6.07, 6.45) is 2.44. The second-order valence-electron chi connectivity index (χ2n) is 5.57. The highest BCUT2D eigenvalue weighted by Gasteiger charge is 2.15. The van der Waals surface area contributed by atoms with Crippen molar-refractivity contribution in [2.75, 3.05) is 11.9 Å². The molecule has 2 aromatic carbocycles. The highest BCUT2D eigenvalue weighted by Crippen LogP contribution is 2.19. The van der Waals surface area contributed by atoms with Gasteiger partial charge in [0.2, 0.25) is 15.9 Å². The van der Waals surface area contributed by atoms with Gasteiger partial charge in [0, 0.05) is 18.7 Å². The third-order valence-electron chi connectivity index (χ3n) is 3.53. The van der Waals surface area contributed by atoms with Gasteiger partial charge in [0.05, 0.1) is 16.1 Å². The smallest absolute Gasteiger partial charge is 0.251 e. The van der Waals surface area contributed by atoms with Crippen molar-refractivity contribution in [2.24, 2.45) is 5.73 Å². The van der Waals surface area contributed by atoms with Crippen molar-refractivity contribution in [3.05, 3.63) is 65.2 Å². The summed E-state index contributed by atoms with van der Waals surface area (Å²) in [5, 5.41) is 2.17. The number of hydrogen-bond acceptors (Lipinski definition) is 4. The summed E-state index contributed by atoms with van der Waals surface area (Å²) in [5.41, 5.74) is 4.54. The average Bonchev–Trinajstić information content (AvgIpc) is 2.62. The lowest BCUT2D eigenvalue weighted by Gasteiger charge is -2.07. The molecule has 0 aliphatic heterocycles. The number of rotatable bonds is 7. The first-order valence-corrected chi connectivity index (χ1v) is 9.50. The highest BCUT2D eigenvalue weighted by atomic mass is 32.2. The number of hydrogen-bond donors (Lipinski definition) is 3. The molecule has 28 heavy (non-hydrogen) atoms. The van der Waals surface area contributed by atoms with E-state index in [0.717, 1.165) is 12.1 Å². The van der Waals surface area contributed by atoms with E-state index in [4.69, 9.17) is 5.73 Å². The van der Waals surface area contributed by atoms with Gasteiger partial charge in [-0.05, 0) is 29.8 Å². The summed E-state index contributed by atoms with van der Waals surface area (Å²) in [7, 11) is -3.58. The zero-order valence-electron chi connectivity index (χ0n) is 14.7. The maximum absolute atomic E-state index is 13.7. The van der Waals surface area contributed by atoms with E-state index in [1.165, 1.54) is 30.3 Å². The molecule has 0 aliphatic carbocycles. The Hall–Kier alpha value is -3.11. The lowest BCUT2D eigenvalue weighted by atomic mass is 10.1. The van der Waals surface area contributed by atoms with Crippen LogP contribution < -0.4 is 15.8 Å². The lowest BCUT2D eigenvalue weighted by Crippen LogP contribution is -2.22. The van der Waals surface area contributed by atoms with E-state index < -0.39 is 44.7 Å². The monoisotopic (exact) mass is 409 g/mol. The summed E-state index contributed by atoms with van der Waals surface area (Å²) < 4.78 is 53.2. The van der Waals surface area contributed by atoms with Crippen molar-refractivity contribution in [1.82, 2.24) is 4.72 Å². The van der Waals surface area contributed by atoms with Gasteiger partial charge in [-0.15, -0.1) is 0 Å². The maximum Gasteiger partial charge on any atom is 0.251 e. The summed E-state index contributed by atoms with van der Waals surface area (Å²) in [6, 6.07) is 6.96. The molecule has 0 unspecified atom stereocenters. The van der Waals surface area contributed by atoms with Crippen LogP contribution in [0.5, 0.6) is 0 Å². The van der Waals surface area contributed by atoms with Gasteiger partial charge < -0.3 is 11.1 Å². The second-order valence-corrected chi connectivity index (χ2v) is 7.34. The molecule has 0 aromatic heterocycles. The number of carbonyl (C=O) groups is 2. The zero-order chi connectivity index (χ0) is 20.9. The van der Waals surface area contributed by atoms with Crippen LogP contribution in [0.2, 0.25) is 0 Å². The minimum Gasteiger partial charge on any atom is -0.366 e. The summed E-state index contributed by atoms with van der Waals surface area (Å²) in [6.45, 7) is 1.91. The first-order valence-electron chi connectivity index (χ1n) is 8.01. The van der Waals surface area contributed by atoms with Gasteiger partial charge in [0.25, 0.3) is 5.91 Å². The molecule has 0 saturated carbocycles. The first kappa shape index (κ1) is 21.2. The molecule has 10 heteroatoms. The number of amides is 2. The first-order chi connectivity index (χ1) is 13.1. The molecule has 0 saturated heterocycles. The molecule has 2 aromatic rings. The van der Waals surface area contributed by atoms with Gasteiger partial charge >= 0.3 is 0 Å². The Balaban J connectivity index is 2.12. The quantitative estimate of drug-likeness (QED) is 0.606. The normalized spacial score (nSPS) is 11.5. The fourth-order valence-electron chi connectivity index (χ4n) is 2.21. The van der Waals surface area contributed by atoms with Gasteiger partial charge in [0.1, 0.15) is 11.6 Å². The fraction of sp³-hybridized carbons (Fsp3) is 0.111.